The first-order valence-corrected chi connectivity index (χ1v) is 7.67. The molecule has 0 saturated heterocycles. The molecule has 0 saturated carbocycles. The zero-order chi connectivity index (χ0) is 15.5. The standard InChI is InChI=1S/C13H21N3O3S/c1-9-7-11(8-12(14)10(9)2)20(18,19)16(4)6-5-13(17)15-3/h7-8H,5-6,14H2,1-4H3,(H,15,17). The molecule has 3 N–H and O–H groups in total. The van der Waals surface area contributed by atoms with Gasteiger partial charge in [0.2, 0.25) is 15.9 Å². The molecule has 7 heteroatoms. The highest BCUT2D eigenvalue weighted by Gasteiger charge is 2.22. The fraction of sp³-hybridized carbons (Fsp3) is 0.462. The van der Waals surface area contributed by atoms with Gasteiger partial charge in [-0.25, -0.2) is 12.7 Å². The van der Waals surface area contributed by atoms with Crippen molar-refractivity contribution in [3.05, 3.63) is 23.3 Å². The number of anilines is 1. The van der Waals surface area contributed by atoms with Gasteiger partial charge in [0, 0.05) is 32.7 Å². The second kappa shape index (κ2) is 6.23. The van der Waals surface area contributed by atoms with Crippen LogP contribution in [0.5, 0.6) is 0 Å². The van der Waals surface area contributed by atoms with Crippen LogP contribution in [-0.2, 0) is 14.8 Å². The third-order valence-corrected chi connectivity index (χ3v) is 5.16. The van der Waals surface area contributed by atoms with Crippen LogP contribution >= 0.6 is 0 Å². The summed E-state index contributed by atoms with van der Waals surface area (Å²) in [6.07, 6.45) is 0.118. The molecule has 1 aromatic rings. The maximum atomic E-state index is 12.4. The van der Waals surface area contributed by atoms with Gasteiger partial charge in [0.1, 0.15) is 0 Å². The van der Waals surface area contributed by atoms with Gasteiger partial charge in [0.15, 0.2) is 0 Å². The lowest BCUT2D eigenvalue weighted by Gasteiger charge is -2.18. The minimum absolute atomic E-state index is 0.118. The molecule has 0 fully saturated rings. The molecular formula is C13H21N3O3S. The highest BCUT2D eigenvalue weighted by atomic mass is 32.2. The van der Waals surface area contributed by atoms with E-state index in [-0.39, 0.29) is 23.8 Å². The molecule has 0 radical (unpaired) electrons. The first-order valence-electron chi connectivity index (χ1n) is 6.23. The SMILES string of the molecule is CNC(=O)CCN(C)S(=O)(=O)c1cc(C)c(C)c(N)c1. The summed E-state index contributed by atoms with van der Waals surface area (Å²) in [6.45, 7) is 3.78. The summed E-state index contributed by atoms with van der Waals surface area (Å²) in [5.74, 6) is -0.202. The summed E-state index contributed by atoms with van der Waals surface area (Å²) >= 11 is 0. The number of nitrogens with two attached hydrogens (primary N) is 1. The van der Waals surface area contributed by atoms with Crippen molar-refractivity contribution in [2.75, 3.05) is 26.4 Å². The number of benzene rings is 1. The summed E-state index contributed by atoms with van der Waals surface area (Å²) in [4.78, 5) is 11.3. The van der Waals surface area contributed by atoms with Gasteiger partial charge in [-0.15, -0.1) is 0 Å². The second-order valence-corrected chi connectivity index (χ2v) is 6.75. The number of sulfonamides is 1. The lowest BCUT2D eigenvalue weighted by atomic mass is 10.1. The summed E-state index contributed by atoms with van der Waals surface area (Å²) in [6, 6.07) is 3.05. The number of carbonyl (C=O) groups excluding carboxylic acids is 1. The summed E-state index contributed by atoms with van der Waals surface area (Å²) in [5.41, 5.74) is 7.96. The Morgan fingerprint density at radius 1 is 1.35 bits per heavy atom. The van der Waals surface area contributed by atoms with E-state index in [0.29, 0.717) is 5.69 Å². The Morgan fingerprint density at radius 2 is 1.95 bits per heavy atom. The lowest BCUT2D eigenvalue weighted by molar-refractivity contribution is -0.120. The molecule has 0 aromatic heterocycles. The topological polar surface area (TPSA) is 92.5 Å². The van der Waals surface area contributed by atoms with Crippen molar-refractivity contribution in [2.24, 2.45) is 0 Å². The molecule has 112 valence electrons. The Labute approximate surface area is 120 Å². The van der Waals surface area contributed by atoms with E-state index in [1.54, 1.807) is 6.07 Å². The number of nitrogen functional groups attached to an aromatic ring is 1. The van der Waals surface area contributed by atoms with E-state index in [2.05, 4.69) is 5.32 Å². The molecule has 1 aromatic carbocycles. The molecule has 1 rings (SSSR count). The lowest BCUT2D eigenvalue weighted by Crippen LogP contribution is -2.31. The van der Waals surface area contributed by atoms with Gasteiger partial charge in [-0.1, -0.05) is 0 Å². The summed E-state index contributed by atoms with van der Waals surface area (Å²) in [7, 11) is -0.668. The van der Waals surface area contributed by atoms with Gasteiger partial charge < -0.3 is 11.1 Å². The van der Waals surface area contributed by atoms with E-state index >= 15 is 0 Å². The maximum absolute atomic E-state index is 12.4. The Hall–Kier alpha value is -1.60. The number of rotatable bonds is 5. The van der Waals surface area contributed by atoms with Crippen LogP contribution in [0.25, 0.3) is 0 Å². The average Bonchev–Trinajstić information content (AvgIpc) is 2.40. The van der Waals surface area contributed by atoms with E-state index in [4.69, 9.17) is 5.73 Å². The predicted molar refractivity (Wildman–Crippen MR) is 78.8 cm³/mol. The molecule has 0 aliphatic heterocycles. The van der Waals surface area contributed by atoms with Gasteiger partial charge in [0.25, 0.3) is 0 Å². The van der Waals surface area contributed by atoms with Crippen molar-refractivity contribution in [1.29, 1.82) is 0 Å². The maximum Gasteiger partial charge on any atom is 0.242 e. The number of hydrogen-bond acceptors (Lipinski definition) is 4. The molecule has 0 heterocycles. The third-order valence-electron chi connectivity index (χ3n) is 3.32. The third kappa shape index (κ3) is 3.49. The molecule has 1 amide bonds. The van der Waals surface area contributed by atoms with Crippen molar-refractivity contribution < 1.29 is 13.2 Å². The first-order chi connectivity index (χ1) is 9.20. The minimum atomic E-state index is -3.63. The molecule has 0 aliphatic rings. The van der Waals surface area contributed by atoms with Crippen molar-refractivity contribution in [3.63, 3.8) is 0 Å². The number of hydrogen-bond donors (Lipinski definition) is 2. The molecule has 0 unspecified atom stereocenters. The van der Waals surface area contributed by atoms with Gasteiger partial charge >= 0.3 is 0 Å². The van der Waals surface area contributed by atoms with Crippen LogP contribution in [0.2, 0.25) is 0 Å². The number of nitrogens with one attached hydrogen (secondary N) is 1. The van der Waals surface area contributed by atoms with Gasteiger partial charge in [-0.3, -0.25) is 4.79 Å². The molecule has 6 nitrogen and oxygen atoms in total. The highest BCUT2D eigenvalue weighted by Crippen LogP contribution is 2.23. The van der Waals surface area contributed by atoms with E-state index in [1.165, 1.54) is 20.2 Å². The van der Waals surface area contributed by atoms with Crippen molar-refractivity contribution in [1.82, 2.24) is 9.62 Å². The Morgan fingerprint density at radius 3 is 2.45 bits per heavy atom. The molecule has 0 spiro atoms. The number of nitrogens with zero attached hydrogens (tertiary/aromatic N) is 1. The van der Waals surface area contributed by atoms with Crippen LogP contribution in [0.3, 0.4) is 0 Å². The zero-order valence-electron chi connectivity index (χ0n) is 12.2. The number of amides is 1. The quantitative estimate of drug-likeness (QED) is 0.780. The van der Waals surface area contributed by atoms with Gasteiger partial charge in [0.05, 0.1) is 4.90 Å². The smallest absolute Gasteiger partial charge is 0.242 e. The number of carbonyl (C=O) groups is 1. The normalized spacial score (nSPS) is 11.7. The van der Waals surface area contributed by atoms with Crippen LogP contribution in [0.4, 0.5) is 5.69 Å². The molecule has 0 aliphatic carbocycles. The largest absolute Gasteiger partial charge is 0.398 e. The second-order valence-electron chi connectivity index (χ2n) is 4.70. The van der Waals surface area contributed by atoms with Crippen LogP contribution in [0.1, 0.15) is 17.5 Å². The molecule has 0 bridgehead atoms. The predicted octanol–water partition coefficient (Wildman–Crippen LogP) is 0.642. The first kappa shape index (κ1) is 16.5. The van der Waals surface area contributed by atoms with E-state index in [0.717, 1.165) is 15.4 Å². The van der Waals surface area contributed by atoms with Crippen LogP contribution in [-0.4, -0.2) is 39.3 Å². The van der Waals surface area contributed by atoms with Crippen LogP contribution in [0, 0.1) is 13.8 Å². The van der Waals surface area contributed by atoms with E-state index in [1.807, 2.05) is 13.8 Å². The average molecular weight is 299 g/mol. The van der Waals surface area contributed by atoms with Crippen molar-refractivity contribution in [2.45, 2.75) is 25.2 Å². The van der Waals surface area contributed by atoms with E-state index < -0.39 is 10.0 Å². The summed E-state index contributed by atoms with van der Waals surface area (Å²) < 4.78 is 25.9. The zero-order valence-corrected chi connectivity index (χ0v) is 13.0. The molecule has 20 heavy (non-hydrogen) atoms. The van der Waals surface area contributed by atoms with Gasteiger partial charge in [-0.2, -0.15) is 0 Å². The summed E-state index contributed by atoms with van der Waals surface area (Å²) in [5, 5.41) is 2.46. The van der Waals surface area contributed by atoms with Crippen molar-refractivity contribution in [3.8, 4) is 0 Å². The molecule has 0 atom stereocenters. The van der Waals surface area contributed by atoms with Crippen LogP contribution < -0.4 is 11.1 Å². The minimum Gasteiger partial charge on any atom is -0.398 e. The fourth-order valence-electron chi connectivity index (χ4n) is 1.69. The Balaban J connectivity index is 3.01. The molecular weight excluding hydrogens is 278 g/mol. The van der Waals surface area contributed by atoms with Crippen LogP contribution in [0.15, 0.2) is 17.0 Å². The highest BCUT2D eigenvalue weighted by molar-refractivity contribution is 7.89. The van der Waals surface area contributed by atoms with E-state index in [9.17, 15) is 13.2 Å². The monoisotopic (exact) mass is 299 g/mol. The Kier molecular flexibility index (Phi) is 5.13. The van der Waals surface area contributed by atoms with Crippen molar-refractivity contribution >= 4 is 21.6 Å². The van der Waals surface area contributed by atoms with Gasteiger partial charge in [-0.05, 0) is 37.1 Å². The Bertz CT molecular complexity index is 588. The number of aryl methyl sites for hydroxylation is 1. The fourth-order valence-corrected chi connectivity index (χ4v) is 2.98.